The maximum absolute atomic E-state index is 13.3. The van der Waals surface area contributed by atoms with Gasteiger partial charge in [0, 0.05) is 18.3 Å². The van der Waals surface area contributed by atoms with Gasteiger partial charge in [0.05, 0.1) is 17.0 Å². The zero-order valence-corrected chi connectivity index (χ0v) is 16.7. The second-order valence-corrected chi connectivity index (χ2v) is 10.1. The van der Waals surface area contributed by atoms with Crippen LogP contribution in [-0.2, 0) is 10.0 Å². The number of aryl methyl sites for hydroxylation is 1. The first-order valence-corrected chi connectivity index (χ1v) is 11.2. The Morgan fingerprint density at radius 3 is 2.83 bits per heavy atom. The van der Waals surface area contributed by atoms with Gasteiger partial charge in [-0.25, -0.2) is 18.4 Å². The van der Waals surface area contributed by atoms with Gasteiger partial charge in [0.15, 0.2) is 0 Å². The number of fused-ring (bicyclic) bond motifs is 1. The lowest BCUT2D eigenvalue weighted by Gasteiger charge is -2.28. The molecule has 1 aromatic carbocycles. The Morgan fingerprint density at radius 1 is 1.24 bits per heavy atom. The van der Waals surface area contributed by atoms with Gasteiger partial charge in [0.2, 0.25) is 10.0 Å². The van der Waals surface area contributed by atoms with E-state index in [1.165, 1.54) is 16.4 Å². The Morgan fingerprint density at radius 2 is 2.07 bits per heavy atom. The van der Waals surface area contributed by atoms with E-state index in [9.17, 15) is 18.3 Å². The molecule has 1 saturated heterocycles. The summed E-state index contributed by atoms with van der Waals surface area (Å²) in [7, 11) is -3.80. The molecule has 3 aliphatic rings. The average Bonchev–Trinajstić information content (AvgIpc) is 3.31. The fourth-order valence-corrected chi connectivity index (χ4v) is 7.07. The van der Waals surface area contributed by atoms with Crippen LogP contribution in [0.4, 0.5) is 5.82 Å². The van der Waals surface area contributed by atoms with Crippen LogP contribution in [0.2, 0.25) is 0 Å². The van der Waals surface area contributed by atoms with E-state index in [4.69, 9.17) is 0 Å². The number of hydrogen-bond donors (Lipinski definition) is 2. The molecule has 29 heavy (non-hydrogen) atoms. The molecule has 2 bridgehead atoms. The number of amides is 1. The number of hydrogen-bond acceptors (Lipinski definition) is 6. The Hall–Kier alpha value is -2.36. The number of sulfonamides is 1. The van der Waals surface area contributed by atoms with Gasteiger partial charge in [0.1, 0.15) is 11.6 Å². The van der Waals surface area contributed by atoms with Gasteiger partial charge >= 0.3 is 0 Å². The molecule has 3 fully saturated rings. The summed E-state index contributed by atoms with van der Waals surface area (Å²) >= 11 is 0. The summed E-state index contributed by atoms with van der Waals surface area (Å²) in [4.78, 5) is 20.8. The molecule has 1 aliphatic heterocycles. The van der Waals surface area contributed by atoms with E-state index in [-0.39, 0.29) is 28.3 Å². The summed E-state index contributed by atoms with van der Waals surface area (Å²) in [6.07, 6.45) is 2.75. The standard InChI is InChI=1S/C20H22N4O4S/c1-11-21-6-5-17(22-11)23-20(26)12-3-2-4-15(8-12)29(27,28)24-10-14-7-13-9-16(14)18(24)19(13)25/h2-6,8,13-14,16,18-19,25H,7,9-10H2,1H3,(H,21,22,23,26)/t13-,14-,16+,18+,19-/m0/s1. The van der Waals surface area contributed by atoms with E-state index in [0.717, 1.165) is 12.8 Å². The molecule has 8 nitrogen and oxygen atoms in total. The van der Waals surface area contributed by atoms with Gasteiger partial charge in [-0.15, -0.1) is 0 Å². The fraction of sp³-hybridized carbons (Fsp3) is 0.450. The maximum atomic E-state index is 13.3. The summed E-state index contributed by atoms with van der Waals surface area (Å²) < 4.78 is 28.1. The molecular formula is C20H22N4O4S. The first-order valence-electron chi connectivity index (χ1n) is 9.75. The van der Waals surface area contributed by atoms with Gasteiger partial charge in [-0.05, 0) is 61.8 Å². The summed E-state index contributed by atoms with van der Waals surface area (Å²) in [5.74, 6) is 1.22. The molecule has 9 heteroatoms. The second-order valence-electron chi connectivity index (χ2n) is 8.18. The number of nitrogens with zero attached hydrogens (tertiary/aromatic N) is 3. The van der Waals surface area contributed by atoms with Crippen LogP contribution in [-0.4, -0.2) is 52.4 Å². The number of aromatic nitrogens is 2. The molecule has 1 amide bonds. The lowest BCUT2D eigenvalue weighted by Crippen LogP contribution is -2.43. The Balaban J connectivity index is 1.41. The molecule has 2 aliphatic carbocycles. The minimum absolute atomic E-state index is 0.0703. The van der Waals surface area contributed by atoms with E-state index in [2.05, 4.69) is 15.3 Å². The number of carbonyl (C=O) groups excluding carboxylic acids is 1. The number of aliphatic hydroxyl groups excluding tert-OH is 1. The van der Waals surface area contributed by atoms with Crippen LogP contribution in [0, 0.1) is 24.7 Å². The number of carbonyl (C=O) groups is 1. The number of anilines is 1. The topological polar surface area (TPSA) is 112 Å². The van der Waals surface area contributed by atoms with Crippen molar-refractivity contribution in [3.05, 3.63) is 47.9 Å². The Labute approximate surface area is 169 Å². The average molecular weight is 414 g/mol. The predicted octanol–water partition coefficient (Wildman–Crippen LogP) is 1.43. The molecule has 1 aromatic heterocycles. The molecule has 0 spiro atoms. The molecule has 0 unspecified atom stereocenters. The fourth-order valence-electron chi connectivity index (χ4n) is 5.28. The third-order valence-corrected chi connectivity index (χ3v) is 8.38. The third kappa shape index (κ3) is 2.95. The van der Waals surface area contributed by atoms with Crippen molar-refractivity contribution in [3.8, 4) is 0 Å². The van der Waals surface area contributed by atoms with Gasteiger partial charge in [-0.3, -0.25) is 4.79 Å². The van der Waals surface area contributed by atoms with E-state index < -0.39 is 22.0 Å². The highest BCUT2D eigenvalue weighted by atomic mass is 32.2. The molecule has 5 rings (SSSR count). The monoisotopic (exact) mass is 414 g/mol. The number of aliphatic hydroxyl groups is 1. The first kappa shape index (κ1) is 18.7. The van der Waals surface area contributed by atoms with Crippen molar-refractivity contribution >= 4 is 21.7 Å². The molecule has 5 atom stereocenters. The summed E-state index contributed by atoms with van der Waals surface area (Å²) in [5.41, 5.74) is 0.231. The van der Waals surface area contributed by atoms with Crippen LogP contribution in [0.5, 0.6) is 0 Å². The second kappa shape index (κ2) is 6.58. The van der Waals surface area contributed by atoms with Crippen molar-refractivity contribution in [2.75, 3.05) is 11.9 Å². The van der Waals surface area contributed by atoms with Crippen molar-refractivity contribution in [2.24, 2.45) is 17.8 Å². The smallest absolute Gasteiger partial charge is 0.256 e. The number of rotatable bonds is 4. The minimum atomic E-state index is -3.80. The molecule has 2 N–H and O–H groups in total. The third-order valence-electron chi connectivity index (χ3n) is 6.52. The molecular weight excluding hydrogens is 392 g/mol. The van der Waals surface area contributed by atoms with Crippen molar-refractivity contribution in [1.29, 1.82) is 0 Å². The maximum Gasteiger partial charge on any atom is 0.256 e. The van der Waals surface area contributed by atoms with Crippen LogP contribution in [0.15, 0.2) is 41.4 Å². The molecule has 2 aromatic rings. The molecule has 0 radical (unpaired) electrons. The summed E-state index contributed by atoms with van der Waals surface area (Å²) in [5, 5.41) is 13.2. The van der Waals surface area contributed by atoms with Crippen LogP contribution < -0.4 is 5.32 Å². The van der Waals surface area contributed by atoms with Gasteiger partial charge in [0.25, 0.3) is 5.91 Å². The molecule has 152 valence electrons. The zero-order chi connectivity index (χ0) is 20.3. The quantitative estimate of drug-likeness (QED) is 0.783. The largest absolute Gasteiger partial charge is 0.391 e. The van der Waals surface area contributed by atoms with E-state index in [1.807, 2.05) is 0 Å². The molecule has 2 saturated carbocycles. The van der Waals surface area contributed by atoms with E-state index in [1.54, 1.807) is 31.3 Å². The van der Waals surface area contributed by atoms with Gasteiger partial charge in [-0.1, -0.05) is 6.07 Å². The van der Waals surface area contributed by atoms with Crippen molar-refractivity contribution in [3.63, 3.8) is 0 Å². The number of benzene rings is 1. The minimum Gasteiger partial charge on any atom is -0.391 e. The van der Waals surface area contributed by atoms with Gasteiger partial charge in [-0.2, -0.15) is 4.31 Å². The van der Waals surface area contributed by atoms with Crippen molar-refractivity contribution in [1.82, 2.24) is 14.3 Å². The highest BCUT2D eigenvalue weighted by Gasteiger charge is 2.61. The van der Waals surface area contributed by atoms with Crippen LogP contribution in [0.25, 0.3) is 0 Å². The molecule has 2 heterocycles. The summed E-state index contributed by atoms with van der Waals surface area (Å²) in [6.45, 7) is 2.16. The van der Waals surface area contributed by atoms with Crippen LogP contribution >= 0.6 is 0 Å². The van der Waals surface area contributed by atoms with Gasteiger partial charge < -0.3 is 10.4 Å². The van der Waals surface area contributed by atoms with Crippen molar-refractivity contribution in [2.45, 2.75) is 36.8 Å². The lowest BCUT2D eigenvalue weighted by atomic mass is 9.88. The highest BCUT2D eigenvalue weighted by molar-refractivity contribution is 7.89. The van der Waals surface area contributed by atoms with E-state index in [0.29, 0.717) is 24.1 Å². The normalized spacial score (nSPS) is 30.6. The van der Waals surface area contributed by atoms with Crippen LogP contribution in [0.3, 0.4) is 0 Å². The number of nitrogens with one attached hydrogen (secondary N) is 1. The van der Waals surface area contributed by atoms with Crippen molar-refractivity contribution < 1.29 is 18.3 Å². The Kier molecular flexibility index (Phi) is 4.23. The van der Waals surface area contributed by atoms with Crippen LogP contribution in [0.1, 0.15) is 29.0 Å². The highest BCUT2D eigenvalue weighted by Crippen LogP contribution is 2.56. The zero-order valence-electron chi connectivity index (χ0n) is 15.9. The predicted molar refractivity (Wildman–Crippen MR) is 105 cm³/mol. The van der Waals surface area contributed by atoms with E-state index >= 15 is 0 Å². The SMILES string of the molecule is Cc1nccc(NC(=O)c2cccc(S(=O)(=O)N3C[C@@H]4C[C@H]5C[C@H]4[C@@H]3[C@H]5O)c2)n1. The summed E-state index contributed by atoms with van der Waals surface area (Å²) in [6, 6.07) is 7.24. The lowest BCUT2D eigenvalue weighted by molar-refractivity contribution is 0.0731. The Bertz CT molecular complexity index is 1090. The first-order chi connectivity index (χ1) is 13.8.